The maximum Gasteiger partial charge on any atom is 0.322 e. The Morgan fingerprint density at radius 1 is 1.00 bits per heavy atom. The van der Waals surface area contributed by atoms with Gasteiger partial charge in [0.25, 0.3) is 5.91 Å². The minimum atomic E-state index is -0.552. The third kappa shape index (κ3) is 3.36. The SMILES string of the molecule is N#CN(C(=O)c1ccnc(Oc2ccccc2)n1)c1ccccc1. The molecule has 3 aromatic rings. The lowest BCUT2D eigenvalue weighted by molar-refractivity contribution is 0.0993. The molecule has 0 aliphatic rings. The number of carbonyl (C=O) groups is 1. The number of amides is 1. The summed E-state index contributed by atoms with van der Waals surface area (Å²) >= 11 is 0. The summed E-state index contributed by atoms with van der Waals surface area (Å²) in [5, 5.41) is 9.30. The number of anilines is 1. The number of aromatic nitrogens is 2. The number of hydrogen-bond acceptors (Lipinski definition) is 5. The first-order valence-electron chi connectivity index (χ1n) is 7.13. The van der Waals surface area contributed by atoms with E-state index in [1.807, 2.05) is 24.4 Å². The van der Waals surface area contributed by atoms with Crippen molar-refractivity contribution in [2.45, 2.75) is 0 Å². The van der Waals surface area contributed by atoms with Crippen LogP contribution in [0.25, 0.3) is 0 Å². The van der Waals surface area contributed by atoms with Gasteiger partial charge in [-0.25, -0.2) is 9.88 Å². The normalized spacial score (nSPS) is 9.79. The molecule has 24 heavy (non-hydrogen) atoms. The zero-order valence-electron chi connectivity index (χ0n) is 12.5. The number of carbonyl (C=O) groups excluding carboxylic acids is 1. The van der Waals surface area contributed by atoms with Crippen molar-refractivity contribution in [3.8, 4) is 18.0 Å². The zero-order chi connectivity index (χ0) is 16.8. The molecule has 0 radical (unpaired) electrons. The fourth-order valence-electron chi connectivity index (χ4n) is 2.02. The summed E-state index contributed by atoms with van der Waals surface area (Å²) in [6, 6.07) is 19.1. The first kappa shape index (κ1) is 15.2. The third-order valence-electron chi connectivity index (χ3n) is 3.12. The summed E-state index contributed by atoms with van der Waals surface area (Å²) < 4.78 is 5.51. The highest BCUT2D eigenvalue weighted by Gasteiger charge is 2.19. The number of hydrogen-bond donors (Lipinski definition) is 0. The average molecular weight is 316 g/mol. The molecule has 0 aliphatic carbocycles. The Morgan fingerprint density at radius 3 is 2.33 bits per heavy atom. The second-order valence-corrected chi connectivity index (χ2v) is 4.72. The number of para-hydroxylation sites is 2. The minimum absolute atomic E-state index is 0.0398. The zero-order valence-corrected chi connectivity index (χ0v) is 12.5. The van der Waals surface area contributed by atoms with E-state index < -0.39 is 5.91 Å². The fourth-order valence-corrected chi connectivity index (χ4v) is 2.02. The maximum absolute atomic E-state index is 12.5. The highest BCUT2D eigenvalue weighted by molar-refractivity contribution is 6.06. The van der Waals surface area contributed by atoms with Crippen LogP contribution in [-0.4, -0.2) is 15.9 Å². The first-order valence-corrected chi connectivity index (χ1v) is 7.13. The predicted octanol–water partition coefficient (Wildman–Crippen LogP) is 3.40. The van der Waals surface area contributed by atoms with Crippen molar-refractivity contribution in [1.82, 2.24) is 9.97 Å². The lowest BCUT2D eigenvalue weighted by atomic mass is 10.2. The Hall–Kier alpha value is -3.72. The molecule has 0 aliphatic heterocycles. The van der Waals surface area contributed by atoms with Crippen LogP contribution in [0.1, 0.15) is 10.5 Å². The molecule has 0 unspecified atom stereocenters. The monoisotopic (exact) mass is 316 g/mol. The van der Waals surface area contributed by atoms with Gasteiger partial charge < -0.3 is 4.74 Å². The van der Waals surface area contributed by atoms with E-state index in [1.54, 1.807) is 42.5 Å². The van der Waals surface area contributed by atoms with Crippen molar-refractivity contribution in [2.75, 3.05) is 4.90 Å². The molecule has 2 aromatic carbocycles. The molecule has 0 saturated carbocycles. The Kier molecular flexibility index (Phi) is 4.45. The molecule has 116 valence electrons. The highest BCUT2D eigenvalue weighted by atomic mass is 16.5. The Bertz CT molecular complexity index is 876. The Morgan fingerprint density at radius 2 is 1.67 bits per heavy atom. The topological polar surface area (TPSA) is 79.1 Å². The van der Waals surface area contributed by atoms with Crippen LogP contribution >= 0.6 is 0 Å². The van der Waals surface area contributed by atoms with Crippen molar-refractivity contribution in [2.24, 2.45) is 0 Å². The molecule has 1 heterocycles. The smallest absolute Gasteiger partial charge is 0.322 e. The van der Waals surface area contributed by atoms with Crippen LogP contribution < -0.4 is 9.64 Å². The molecule has 0 fully saturated rings. The fraction of sp³-hybridized carbons (Fsp3) is 0. The quantitative estimate of drug-likeness (QED) is 0.544. The van der Waals surface area contributed by atoms with Crippen LogP contribution in [0.2, 0.25) is 0 Å². The van der Waals surface area contributed by atoms with E-state index in [-0.39, 0.29) is 11.7 Å². The number of rotatable bonds is 4. The first-order chi connectivity index (χ1) is 11.8. The largest absolute Gasteiger partial charge is 0.424 e. The second-order valence-electron chi connectivity index (χ2n) is 4.72. The summed E-state index contributed by atoms with van der Waals surface area (Å²) in [4.78, 5) is 21.6. The summed E-state index contributed by atoms with van der Waals surface area (Å²) in [5.74, 6) is 0.00584. The number of ether oxygens (including phenoxy) is 1. The second kappa shape index (κ2) is 7.03. The molecule has 6 heteroatoms. The molecule has 3 rings (SSSR count). The van der Waals surface area contributed by atoms with Crippen LogP contribution in [0.3, 0.4) is 0 Å². The van der Waals surface area contributed by atoms with Crippen LogP contribution in [0, 0.1) is 11.5 Å². The minimum Gasteiger partial charge on any atom is -0.424 e. The molecule has 1 amide bonds. The van der Waals surface area contributed by atoms with Gasteiger partial charge in [0.1, 0.15) is 11.4 Å². The van der Waals surface area contributed by atoms with Gasteiger partial charge in [-0.3, -0.25) is 4.79 Å². The van der Waals surface area contributed by atoms with E-state index in [2.05, 4.69) is 9.97 Å². The van der Waals surface area contributed by atoms with Crippen molar-refractivity contribution in [3.63, 3.8) is 0 Å². The van der Waals surface area contributed by atoms with Crippen molar-refractivity contribution in [3.05, 3.63) is 78.6 Å². The van der Waals surface area contributed by atoms with E-state index in [0.29, 0.717) is 11.4 Å². The predicted molar refractivity (Wildman–Crippen MR) is 87.4 cm³/mol. The van der Waals surface area contributed by atoms with Gasteiger partial charge >= 0.3 is 6.01 Å². The molecule has 0 saturated heterocycles. The number of nitrogens with zero attached hydrogens (tertiary/aromatic N) is 4. The summed E-state index contributed by atoms with van der Waals surface area (Å²) in [6.07, 6.45) is 3.28. The molecular weight excluding hydrogens is 304 g/mol. The van der Waals surface area contributed by atoms with E-state index in [0.717, 1.165) is 4.90 Å². The maximum atomic E-state index is 12.5. The molecule has 0 spiro atoms. The summed E-state index contributed by atoms with van der Waals surface area (Å²) in [5.41, 5.74) is 0.537. The lowest BCUT2D eigenvalue weighted by Crippen LogP contribution is -2.26. The van der Waals surface area contributed by atoms with E-state index in [4.69, 9.17) is 4.74 Å². The third-order valence-corrected chi connectivity index (χ3v) is 3.12. The van der Waals surface area contributed by atoms with Crippen molar-refractivity contribution in [1.29, 1.82) is 5.26 Å². The lowest BCUT2D eigenvalue weighted by Gasteiger charge is -2.13. The Labute approximate surface area is 138 Å². The highest BCUT2D eigenvalue weighted by Crippen LogP contribution is 2.19. The van der Waals surface area contributed by atoms with E-state index in [9.17, 15) is 10.1 Å². The van der Waals surface area contributed by atoms with E-state index >= 15 is 0 Å². The number of benzene rings is 2. The van der Waals surface area contributed by atoms with Crippen LogP contribution in [0.5, 0.6) is 11.8 Å². The number of nitriles is 1. The van der Waals surface area contributed by atoms with Gasteiger partial charge in [-0.2, -0.15) is 10.2 Å². The van der Waals surface area contributed by atoms with Crippen LogP contribution in [-0.2, 0) is 0 Å². The van der Waals surface area contributed by atoms with Crippen molar-refractivity contribution < 1.29 is 9.53 Å². The summed E-state index contributed by atoms with van der Waals surface area (Å²) in [7, 11) is 0. The molecule has 1 aromatic heterocycles. The van der Waals surface area contributed by atoms with E-state index in [1.165, 1.54) is 12.3 Å². The molecule has 6 nitrogen and oxygen atoms in total. The molecule has 0 bridgehead atoms. The van der Waals surface area contributed by atoms with Gasteiger partial charge in [-0.15, -0.1) is 0 Å². The Balaban J connectivity index is 1.85. The van der Waals surface area contributed by atoms with Gasteiger partial charge in [0.2, 0.25) is 0 Å². The van der Waals surface area contributed by atoms with Crippen LogP contribution in [0.4, 0.5) is 5.69 Å². The van der Waals surface area contributed by atoms with Gasteiger partial charge in [0, 0.05) is 6.20 Å². The van der Waals surface area contributed by atoms with Gasteiger partial charge in [0.15, 0.2) is 6.19 Å². The van der Waals surface area contributed by atoms with Gasteiger partial charge in [-0.05, 0) is 30.3 Å². The van der Waals surface area contributed by atoms with Crippen molar-refractivity contribution >= 4 is 11.6 Å². The molecule has 0 N–H and O–H groups in total. The molecule has 0 atom stereocenters. The van der Waals surface area contributed by atoms with Gasteiger partial charge in [-0.1, -0.05) is 36.4 Å². The van der Waals surface area contributed by atoms with Gasteiger partial charge in [0.05, 0.1) is 5.69 Å². The summed E-state index contributed by atoms with van der Waals surface area (Å²) in [6.45, 7) is 0. The standard InChI is InChI=1S/C18H12N4O2/c19-13-22(14-7-3-1-4-8-14)17(23)16-11-12-20-18(21-16)24-15-9-5-2-6-10-15/h1-12H. The van der Waals surface area contributed by atoms with Crippen LogP contribution in [0.15, 0.2) is 72.9 Å². The molecular formula is C18H12N4O2. The average Bonchev–Trinajstić information content (AvgIpc) is 2.64.